The normalized spacial score (nSPS) is 12.7. The number of anilines is 2. The van der Waals surface area contributed by atoms with Crippen LogP contribution in [0.15, 0.2) is 36.4 Å². The number of fused-ring (bicyclic) bond motifs is 1. The van der Waals surface area contributed by atoms with E-state index < -0.39 is 0 Å². The Morgan fingerprint density at radius 1 is 1.20 bits per heavy atom. The third-order valence-corrected chi connectivity index (χ3v) is 4.10. The fourth-order valence-corrected chi connectivity index (χ4v) is 2.57. The summed E-state index contributed by atoms with van der Waals surface area (Å²) in [7, 11) is 0. The summed E-state index contributed by atoms with van der Waals surface area (Å²) in [4.78, 5) is 12.2. The van der Waals surface area contributed by atoms with Gasteiger partial charge in [-0.05, 0) is 36.2 Å². The maximum absolute atomic E-state index is 12.2. The summed E-state index contributed by atoms with van der Waals surface area (Å²) < 4.78 is 0. The van der Waals surface area contributed by atoms with Gasteiger partial charge in [0.2, 0.25) is 0 Å². The SMILES string of the molecule is O=C(Nc1cccc(Cl)c1Cl)c1ccc2c(c1)NCC2. The van der Waals surface area contributed by atoms with Crippen LogP contribution in [-0.4, -0.2) is 12.5 Å². The fraction of sp³-hybridized carbons (Fsp3) is 0.133. The molecule has 3 rings (SSSR count). The van der Waals surface area contributed by atoms with Gasteiger partial charge in [-0.15, -0.1) is 0 Å². The minimum Gasteiger partial charge on any atom is -0.384 e. The molecule has 0 spiro atoms. The van der Waals surface area contributed by atoms with Crippen LogP contribution in [-0.2, 0) is 6.42 Å². The fourth-order valence-electron chi connectivity index (χ4n) is 2.23. The third-order valence-electron chi connectivity index (χ3n) is 3.28. The van der Waals surface area contributed by atoms with Gasteiger partial charge >= 0.3 is 0 Å². The van der Waals surface area contributed by atoms with Crippen molar-refractivity contribution >= 4 is 40.5 Å². The van der Waals surface area contributed by atoms with Crippen LogP contribution in [0.2, 0.25) is 10.0 Å². The molecule has 3 nitrogen and oxygen atoms in total. The lowest BCUT2D eigenvalue weighted by Gasteiger charge is -2.09. The Labute approximate surface area is 126 Å². The molecule has 5 heteroatoms. The van der Waals surface area contributed by atoms with Crippen LogP contribution in [0.25, 0.3) is 0 Å². The number of carbonyl (C=O) groups is 1. The first-order valence-corrected chi connectivity index (χ1v) is 7.03. The molecule has 0 atom stereocenters. The number of rotatable bonds is 2. The van der Waals surface area contributed by atoms with Gasteiger partial charge in [0.15, 0.2) is 0 Å². The first-order valence-electron chi connectivity index (χ1n) is 6.27. The van der Waals surface area contributed by atoms with E-state index in [4.69, 9.17) is 23.2 Å². The van der Waals surface area contributed by atoms with Crippen molar-refractivity contribution in [2.45, 2.75) is 6.42 Å². The third kappa shape index (κ3) is 2.47. The van der Waals surface area contributed by atoms with Crippen LogP contribution in [0, 0.1) is 0 Å². The lowest BCUT2D eigenvalue weighted by molar-refractivity contribution is 0.102. The van der Waals surface area contributed by atoms with E-state index in [-0.39, 0.29) is 5.91 Å². The molecule has 1 amide bonds. The summed E-state index contributed by atoms with van der Waals surface area (Å²) in [6.45, 7) is 0.917. The second-order valence-corrected chi connectivity index (χ2v) is 5.39. The van der Waals surface area contributed by atoms with Gasteiger partial charge in [-0.2, -0.15) is 0 Å². The molecule has 20 heavy (non-hydrogen) atoms. The van der Waals surface area contributed by atoms with E-state index >= 15 is 0 Å². The van der Waals surface area contributed by atoms with Gasteiger partial charge in [-0.1, -0.05) is 35.3 Å². The summed E-state index contributed by atoms with van der Waals surface area (Å²) in [6, 6.07) is 10.8. The Kier molecular flexibility index (Phi) is 3.55. The zero-order valence-electron chi connectivity index (χ0n) is 10.5. The predicted molar refractivity (Wildman–Crippen MR) is 83.1 cm³/mol. The van der Waals surface area contributed by atoms with Crippen LogP contribution in [0.5, 0.6) is 0 Å². The molecule has 0 unspecified atom stereocenters. The highest BCUT2D eigenvalue weighted by molar-refractivity contribution is 6.44. The van der Waals surface area contributed by atoms with E-state index in [1.54, 1.807) is 18.2 Å². The Morgan fingerprint density at radius 3 is 2.90 bits per heavy atom. The molecule has 0 saturated heterocycles. The van der Waals surface area contributed by atoms with E-state index in [0.29, 0.717) is 21.3 Å². The molecule has 2 N–H and O–H groups in total. The van der Waals surface area contributed by atoms with Gasteiger partial charge in [-0.25, -0.2) is 0 Å². The minimum atomic E-state index is -0.203. The van der Waals surface area contributed by atoms with Crippen molar-refractivity contribution in [3.8, 4) is 0 Å². The molecular weight excluding hydrogens is 295 g/mol. The molecule has 0 fully saturated rings. The van der Waals surface area contributed by atoms with Crippen molar-refractivity contribution in [3.63, 3.8) is 0 Å². The van der Waals surface area contributed by atoms with Gasteiger partial charge in [0.1, 0.15) is 0 Å². The highest BCUT2D eigenvalue weighted by Crippen LogP contribution is 2.30. The summed E-state index contributed by atoms with van der Waals surface area (Å²) in [6.07, 6.45) is 0.997. The summed E-state index contributed by atoms with van der Waals surface area (Å²) in [5.41, 5.74) is 3.36. The van der Waals surface area contributed by atoms with E-state index in [1.807, 2.05) is 18.2 Å². The predicted octanol–water partition coefficient (Wildman–Crippen LogP) is 4.21. The van der Waals surface area contributed by atoms with Gasteiger partial charge < -0.3 is 10.6 Å². The summed E-state index contributed by atoms with van der Waals surface area (Å²) in [5, 5.41) is 6.79. The Balaban J connectivity index is 1.84. The van der Waals surface area contributed by atoms with E-state index in [9.17, 15) is 4.79 Å². The van der Waals surface area contributed by atoms with Crippen LogP contribution < -0.4 is 10.6 Å². The smallest absolute Gasteiger partial charge is 0.255 e. The number of nitrogens with one attached hydrogen (secondary N) is 2. The van der Waals surface area contributed by atoms with Crippen molar-refractivity contribution in [1.29, 1.82) is 0 Å². The van der Waals surface area contributed by atoms with Gasteiger partial charge in [0, 0.05) is 17.8 Å². The van der Waals surface area contributed by atoms with Crippen LogP contribution >= 0.6 is 23.2 Å². The molecule has 1 aliphatic heterocycles. The molecule has 2 aromatic rings. The van der Waals surface area contributed by atoms with Crippen LogP contribution in [0.4, 0.5) is 11.4 Å². The molecule has 2 aromatic carbocycles. The number of halogens is 2. The van der Waals surface area contributed by atoms with Crippen molar-refractivity contribution in [1.82, 2.24) is 0 Å². The zero-order valence-corrected chi connectivity index (χ0v) is 12.1. The summed E-state index contributed by atoms with van der Waals surface area (Å²) in [5.74, 6) is -0.203. The number of hydrogen-bond donors (Lipinski definition) is 2. The Hall–Kier alpha value is -1.71. The van der Waals surface area contributed by atoms with Crippen LogP contribution in [0.1, 0.15) is 15.9 Å². The highest BCUT2D eigenvalue weighted by Gasteiger charge is 2.14. The topological polar surface area (TPSA) is 41.1 Å². The maximum atomic E-state index is 12.2. The second kappa shape index (κ2) is 5.35. The molecule has 0 aromatic heterocycles. The monoisotopic (exact) mass is 306 g/mol. The van der Waals surface area contributed by atoms with Crippen molar-refractivity contribution in [2.24, 2.45) is 0 Å². The van der Waals surface area contributed by atoms with Crippen molar-refractivity contribution in [3.05, 3.63) is 57.6 Å². The Bertz CT molecular complexity index is 686. The van der Waals surface area contributed by atoms with Gasteiger partial charge in [0.25, 0.3) is 5.91 Å². The first-order chi connectivity index (χ1) is 9.65. The number of hydrogen-bond acceptors (Lipinski definition) is 2. The quantitative estimate of drug-likeness (QED) is 0.872. The average Bonchev–Trinajstić information content (AvgIpc) is 2.91. The second-order valence-electron chi connectivity index (χ2n) is 4.60. The Morgan fingerprint density at radius 2 is 2.05 bits per heavy atom. The van der Waals surface area contributed by atoms with Gasteiger partial charge in [-0.3, -0.25) is 4.79 Å². The molecule has 1 aliphatic rings. The lowest BCUT2D eigenvalue weighted by atomic mass is 10.1. The molecule has 0 aliphatic carbocycles. The van der Waals surface area contributed by atoms with Crippen LogP contribution in [0.3, 0.4) is 0 Å². The van der Waals surface area contributed by atoms with E-state index in [1.165, 1.54) is 5.56 Å². The molecule has 0 bridgehead atoms. The van der Waals surface area contributed by atoms with Crippen molar-refractivity contribution in [2.75, 3.05) is 17.2 Å². The summed E-state index contributed by atoms with van der Waals surface area (Å²) >= 11 is 12.0. The number of benzene rings is 2. The lowest BCUT2D eigenvalue weighted by Crippen LogP contribution is -2.12. The molecule has 0 radical (unpaired) electrons. The number of amides is 1. The highest BCUT2D eigenvalue weighted by atomic mass is 35.5. The average molecular weight is 307 g/mol. The van der Waals surface area contributed by atoms with Gasteiger partial charge in [0.05, 0.1) is 15.7 Å². The van der Waals surface area contributed by atoms with E-state index in [2.05, 4.69) is 10.6 Å². The first kappa shape index (κ1) is 13.3. The molecule has 102 valence electrons. The standard InChI is InChI=1S/C15H12Cl2N2O/c16-11-2-1-3-12(14(11)17)19-15(20)10-5-4-9-6-7-18-13(9)8-10/h1-5,8,18H,6-7H2,(H,19,20). The maximum Gasteiger partial charge on any atom is 0.255 e. The van der Waals surface area contributed by atoms with Crippen molar-refractivity contribution < 1.29 is 4.79 Å². The largest absolute Gasteiger partial charge is 0.384 e. The molecule has 0 saturated carbocycles. The molecule has 1 heterocycles. The number of carbonyl (C=O) groups excluding carboxylic acids is 1. The molecular formula is C15H12Cl2N2O. The minimum absolute atomic E-state index is 0.203. The zero-order chi connectivity index (χ0) is 14.1. The van der Waals surface area contributed by atoms with E-state index in [0.717, 1.165) is 18.7 Å².